The number of carbonyl (C=O) groups excluding carboxylic acids is 4. The number of aromatic nitrogens is 1. The standard InChI is InChI=1S/C40H43N5O6/c41-24-33(46)43-34(47)25-45-32-23-29(16-19-31(32)36(27-9-3-1-4-10-27)37(45)28-11-5-2-6-12-28)38(50)44-40(21-7-8-22-40)39(51)42-30-17-13-26(14-18-30)15-20-35(48)49/h2,5-6,11-20,23,27H,1,3-4,7-10,21-22,24-25,41H2,(H,42,51)(H,44,50)(H,48,49)(H,43,46,47). The van der Waals surface area contributed by atoms with Crippen LogP contribution < -0.4 is 21.7 Å². The third-order valence-corrected chi connectivity index (χ3v) is 10.0. The van der Waals surface area contributed by atoms with Crippen molar-refractivity contribution in [2.45, 2.75) is 75.8 Å². The molecule has 2 fully saturated rings. The third-order valence-electron chi connectivity index (χ3n) is 10.0. The van der Waals surface area contributed by atoms with Gasteiger partial charge < -0.3 is 26.0 Å². The summed E-state index contributed by atoms with van der Waals surface area (Å²) in [7, 11) is 0. The van der Waals surface area contributed by atoms with Gasteiger partial charge in [-0.05, 0) is 78.6 Å². The lowest BCUT2D eigenvalue weighted by Crippen LogP contribution is -2.55. The fourth-order valence-corrected chi connectivity index (χ4v) is 7.56. The summed E-state index contributed by atoms with van der Waals surface area (Å²) < 4.78 is 1.90. The molecule has 1 aromatic heterocycles. The van der Waals surface area contributed by atoms with E-state index in [0.29, 0.717) is 35.2 Å². The highest BCUT2D eigenvalue weighted by Gasteiger charge is 2.43. The maximum Gasteiger partial charge on any atom is 0.328 e. The highest BCUT2D eigenvalue weighted by molar-refractivity contribution is 6.06. The quantitative estimate of drug-likeness (QED) is 0.125. The van der Waals surface area contributed by atoms with Gasteiger partial charge in [-0.2, -0.15) is 0 Å². The summed E-state index contributed by atoms with van der Waals surface area (Å²) in [5.41, 5.74) is 9.57. The van der Waals surface area contributed by atoms with E-state index in [0.717, 1.165) is 66.8 Å². The topological polar surface area (TPSA) is 173 Å². The van der Waals surface area contributed by atoms with Crippen LogP contribution in [0.5, 0.6) is 0 Å². The van der Waals surface area contributed by atoms with Crippen LogP contribution in [-0.2, 0) is 25.7 Å². The lowest BCUT2D eigenvalue weighted by molar-refractivity contribution is -0.132. The number of fused-ring (bicyclic) bond motifs is 1. The molecule has 3 aromatic carbocycles. The second-order valence-corrected chi connectivity index (χ2v) is 13.4. The molecule has 0 spiro atoms. The molecule has 264 valence electrons. The van der Waals surface area contributed by atoms with Crippen LogP contribution in [0.2, 0.25) is 0 Å². The predicted octanol–water partition coefficient (Wildman–Crippen LogP) is 5.74. The summed E-state index contributed by atoms with van der Waals surface area (Å²) in [6, 6.07) is 22.2. The van der Waals surface area contributed by atoms with E-state index in [1.165, 1.54) is 12.5 Å². The molecule has 0 unspecified atom stereocenters. The first-order valence-electron chi connectivity index (χ1n) is 17.6. The molecule has 0 atom stereocenters. The summed E-state index contributed by atoms with van der Waals surface area (Å²) in [6.45, 7) is -0.465. The molecule has 11 nitrogen and oxygen atoms in total. The summed E-state index contributed by atoms with van der Waals surface area (Å²) in [5.74, 6) is -2.59. The summed E-state index contributed by atoms with van der Waals surface area (Å²) in [5, 5.41) is 18.2. The molecule has 0 radical (unpaired) electrons. The maximum atomic E-state index is 14.1. The van der Waals surface area contributed by atoms with Gasteiger partial charge in [0.05, 0.1) is 17.8 Å². The van der Waals surface area contributed by atoms with E-state index in [1.807, 2.05) is 41.0 Å². The zero-order chi connectivity index (χ0) is 36.0. The molecular formula is C40H43N5O6. The Balaban J connectivity index is 1.35. The lowest BCUT2D eigenvalue weighted by Gasteiger charge is -2.29. The molecule has 51 heavy (non-hydrogen) atoms. The van der Waals surface area contributed by atoms with Gasteiger partial charge in [0.2, 0.25) is 17.7 Å². The van der Waals surface area contributed by atoms with Gasteiger partial charge in [0, 0.05) is 22.7 Å². The smallest absolute Gasteiger partial charge is 0.328 e. The number of carboxylic acids is 1. The van der Waals surface area contributed by atoms with Gasteiger partial charge in [0.15, 0.2) is 0 Å². The van der Waals surface area contributed by atoms with E-state index in [2.05, 4.69) is 16.0 Å². The number of nitrogens with two attached hydrogens (primary N) is 1. The van der Waals surface area contributed by atoms with E-state index in [1.54, 1.807) is 36.4 Å². The number of nitrogens with one attached hydrogen (secondary N) is 3. The first-order valence-corrected chi connectivity index (χ1v) is 17.6. The molecule has 0 aliphatic heterocycles. The maximum absolute atomic E-state index is 14.1. The molecule has 4 aromatic rings. The van der Waals surface area contributed by atoms with Crippen LogP contribution in [0.15, 0.2) is 78.9 Å². The first kappa shape index (κ1) is 35.3. The minimum absolute atomic E-state index is 0.151. The van der Waals surface area contributed by atoms with Gasteiger partial charge in [-0.1, -0.05) is 80.6 Å². The van der Waals surface area contributed by atoms with Crippen LogP contribution in [0.25, 0.3) is 28.2 Å². The van der Waals surface area contributed by atoms with Gasteiger partial charge >= 0.3 is 5.97 Å². The Bertz CT molecular complexity index is 1970. The van der Waals surface area contributed by atoms with E-state index < -0.39 is 29.2 Å². The lowest BCUT2D eigenvalue weighted by atomic mass is 9.81. The average Bonchev–Trinajstić information content (AvgIpc) is 3.75. The van der Waals surface area contributed by atoms with Crippen LogP contribution in [0.1, 0.15) is 85.2 Å². The van der Waals surface area contributed by atoms with E-state index >= 15 is 0 Å². The van der Waals surface area contributed by atoms with Crippen molar-refractivity contribution in [3.05, 3.63) is 95.6 Å². The molecule has 6 rings (SSSR count). The monoisotopic (exact) mass is 689 g/mol. The molecule has 2 saturated carbocycles. The second kappa shape index (κ2) is 15.6. The molecule has 2 aliphatic carbocycles. The third kappa shape index (κ3) is 7.94. The molecular weight excluding hydrogens is 646 g/mol. The number of anilines is 1. The summed E-state index contributed by atoms with van der Waals surface area (Å²) in [4.78, 5) is 64.0. The largest absolute Gasteiger partial charge is 0.478 e. The SMILES string of the molecule is NCC(=O)NC(=O)Cn1c(-c2ccccc2)c(C2CCCCC2)c2ccc(C(=O)NC3(C(=O)Nc4ccc(C=CC(=O)O)cc4)CCCC3)cc21. The minimum atomic E-state index is -1.12. The summed E-state index contributed by atoms with van der Waals surface area (Å²) in [6.07, 6.45) is 10.4. The highest BCUT2D eigenvalue weighted by atomic mass is 16.4. The van der Waals surface area contributed by atoms with Crippen LogP contribution in [0.4, 0.5) is 5.69 Å². The van der Waals surface area contributed by atoms with Gasteiger partial charge in [0.1, 0.15) is 12.1 Å². The van der Waals surface area contributed by atoms with Gasteiger partial charge in [0.25, 0.3) is 5.91 Å². The number of imide groups is 1. The number of carboxylic acid groups (broad SMARTS) is 1. The molecule has 2 aliphatic rings. The normalized spacial score (nSPS) is 15.9. The van der Waals surface area contributed by atoms with Gasteiger partial charge in [-0.25, -0.2) is 4.79 Å². The molecule has 0 saturated heterocycles. The number of rotatable bonds is 11. The molecule has 11 heteroatoms. The van der Waals surface area contributed by atoms with Crippen molar-refractivity contribution < 1.29 is 29.1 Å². The van der Waals surface area contributed by atoms with Crippen LogP contribution in [-0.4, -0.2) is 51.4 Å². The number of benzene rings is 3. The van der Waals surface area contributed by atoms with Gasteiger partial charge in [-0.3, -0.25) is 24.5 Å². The Labute approximate surface area is 296 Å². The molecule has 0 bridgehead atoms. The molecule has 6 N–H and O–H groups in total. The van der Waals surface area contributed by atoms with E-state index in [4.69, 9.17) is 10.8 Å². The predicted molar refractivity (Wildman–Crippen MR) is 196 cm³/mol. The van der Waals surface area contributed by atoms with Crippen molar-refractivity contribution >= 4 is 52.3 Å². The fourth-order valence-electron chi connectivity index (χ4n) is 7.56. The zero-order valence-corrected chi connectivity index (χ0v) is 28.5. The number of carbonyl (C=O) groups is 5. The molecule has 4 amide bonds. The van der Waals surface area contributed by atoms with Crippen molar-refractivity contribution in [1.29, 1.82) is 0 Å². The van der Waals surface area contributed by atoms with Crippen molar-refractivity contribution in [3.63, 3.8) is 0 Å². The number of amides is 4. The van der Waals surface area contributed by atoms with Gasteiger partial charge in [-0.15, -0.1) is 0 Å². The zero-order valence-electron chi connectivity index (χ0n) is 28.5. The van der Waals surface area contributed by atoms with Crippen molar-refractivity contribution in [2.24, 2.45) is 5.73 Å². The van der Waals surface area contributed by atoms with Crippen LogP contribution in [0, 0.1) is 0 Å². The Morgan fingerprint density at radius 2 is 1.57 bits per heavy atom. The number of aliphatic carboxylic acids is 1. The van der Waals surface area contributed by atoms with Crippen molar-refractivity contribution in [2.75, 3.05) is 11.9 Å². The molecule has 1 heterocycles. The number of nitrogens with zero attached hydrogens (tertiary/aromatic N) is 1. The second-order valence-electron chi connectivity index (χ2n) is 13.4. The first-order chi connectivity index (χ1) is 24.7. The van der Waals surface area contributed by atoms with Crippen LogP contribution in [0.3, 0.4) is 0 Å². The van der Waals surface area contributed by atoms with Crippen molar-refractivity contribution in [1.82, 2.24) is 15.2 Å². The number of hydrogen-bond acceptors (Lipinski definition) is 6. The van der Waals surface area contributed by atoms with E-state index in [-0.39, 0.29) is 24.9 Å². The van der Waals surface area contributed by atoms with Crippen LogP contribution >= 0.6 is 0 Å². The number of hydrogen-bond donors (Lipinski definition) is 5. The Morgan fingerprint density at radius 3 is 2.24 bits per heavy atom. The minimum Gasteiger partial charge on any atom is -0.478 e. The van der Waals surface area contributed by atoms with Crippen molar-refractivity contribution in [3.8, 4) is 11.3 Å². The summed E-state index contributed by atoms with van der Waals surface area (Å²) >= 11 is 0. The Morgan fingerprint density at radius 1 is 0.863 bits per heavy atom. The fraction of sp³-hybridized carbons (Fsp3) is 0.325. The van der Waals surface area contributed by atoms with E-state index in [9.17, 15) is 24.0 Å². The average molecular weight is 690 g/mol. The Hall–Kier alpha value is -5.55. The Kier molecular flexibility index (Phi) is 10.8. The highest BCUT2D eigenvalue weighted by Crippen LogP contribution is 2.44.